The molecule has 0 saturated carbocycles. The molecule has 0 radical (unpaired) electrons. The number of nitrogens with zero attached hydrogens (tertiary/aromatic N) is 1. The lowest BCUT2D eigenvalue weighted by atomic mass is 9.76. The maximum absolute atomic E-state index is 3.47. The highest BCUT2D eigenvalue weighted by molar-refractivity contribution is 5.50. The maximum Gasteiger partial charge on any atom is 0.117 e. The predicted molar refractivity (Wildman–Crippen MR) is 103 cm³/mol. The zero-order chi connectivity index (χ0) is 17.1. The number of rotatable bonds is 4. The summed E-state index contributed by atoms with van der Waals surface area (Å²) in [5, 5.41) is 3.47. The van der Waals surface area contributed by atoms with Gasteiger partial charge in [0.15, 0.2) is 0 Å². The second-order valence-corrected chi connectivity index (χ2v) is 6.43. The summed E-state index contributed by atoms with van der Waals surface area (Å²) in [4.78, 5) is 2.41. The van der Waals surface area contributed by atoms with E-state index in [2.05, 4.69) is 114 Å². The Bertz CT molecular complexity index is 758. The van der Waals surface area contributed by atoms with Crippen LogP contribution in [0.5, 0.6) is 0 Å². The first-order valence-corrected chi connectivity index (χ1v) is 8.67. The third kappa shape index (κ3) is 2.60. The van der Waals surface area contributed by atoms with Crippen LogP contribution in [0.3, 0.4) is 0 Å². The van der Waals surface area contributed by atoms with E-state index in [0.717, 1.165) is 6.67 Å². The molecule has 1 heterocycles. The lowest BCUT2D eigenvalue weighted by molar-refractivity contribution is 0.242. The van der Waals surface area contributed by atoms with Gasteiger partial charge in [0, 0.05) is 11.9 Å². The molecule has 25 heavy (non-hydrogen) atoms. The SMILES string of the molecule is CC1=CN(C(c2ccccc2)(c2ccccc2)c2ccccc2)CN1. The number of allylic oxidation sites excluding steroid dienone is 1. The molecule has 0 amide bonds. The van der Waals surface area contributed by atoms with Gasteiger partial charge in [-0.3, -0.25) is 0 Å². The molecule has 3 aromatic carbocycles. The van der Waals surface area contributed by atoms with E-state index in [1.807, 2.05) is 0 Å². The Balaban J connectivity index is 2.05. The Morgan fingerprint density at radius 2 is 1.08 bits per heavy atom. The van der Waals surface area contributed by atoms with E-state index in [0.29, 0.717) is 0 Å². The van der Waals surface area contributed by atoms with Gasteiger partial charge in [-0.05, 0) is 23.6 Å². The molecule has 2 heteroatoms. The highest BCUT2D eigenvalue weighted by Gasteiger charge is 2.42. The highest BCUT2D eigenvalue weighted by Crippen LogP contribution is 2.43. The normalized spacial score (nSPS) is 14.1. The van der Waals surface area contributed by atoms with Crippen LogP contribution in [0.25, 0.3) is 0 Å². The number of benzene rings is 3. The highest BCUT2D eigenvalue weighted by atomic mass is 15.3. The zero-order valence-electron chi connectivity index (χ0n) is 14.4. The molecule has 0 aliphatic carbocycles. The van der Waals surface area contributed by atoms with Gasteiger partial charge in [-0.15, -0.1) is 0 Å². The molecule has 124 valence electrons. The lowest BCUT2D eigenvalue weighted by Gasteiger charge is -2.43. The topological polar surface area (TPSA) is 15.3 Å². The monoisotopic (exact) mass is 326 g/mol. The second-order valence-electron chi connectivity index (χ2n) is 6.43. The van der Waals surface area contributed by atoms with Crippen molar-refractivity contribution in [3.8, 4) is 0 Å². The largest absolute Gasteiger partial charge is 0.370 e. The molecule has 1 N–H and O–H groups in total. The van der Waals surface area contributed by atoms with E-state index in [-0.39, 0.29) is 5.54 Å². The Morgan fingerprint density at radius 3 is 1.40 bits per heavy atom. The van der Waals surface area contributed by atoms with Crippen molar-refractivity contribution in [3.63, 3.8) is 0 Å². The van der Waals surface area contributed by atoms with Gasteiger partial charge >= 0.3 is 0 Å². The van der Waals surface area contributed by atoms with Gasteiger partial charge in [-0.1, -0.05) is 91.0 Å². The van der Waals surface area contributed by atoms with Crippen LogP contribution in [-0.2, 0) is 5.54 Å². The molecular weight excluding hydrogens is 304 g/mol. The summed E-state index contributed by atoms with van der Waals surface area (Å²) in [6.45, 7) is 2.90. The van der Waals surface area contributed by atoms with Crippen LogP contribution in [0, 0.1) is 0 Å². The van der Waals surface area contributed by atoms with Gasteiger partial charge in [-0.2, -0.15) is 0 Å². The summed E-state index contributed by atoms with van der Waals surface area (Å²) in [5.41, 5.74) is 4.61. The Hall–Kier alpha value is -3.00. The van der Waals surface area contributed by atoms with Crippen LogP contribution in [0.4, 0.5) is 0 Å². The van der Waals surface area contributed by atoms with E-state index in [4.69, 9.17) is 0 Å². The molecule has 2 nitrogen and oxygen atoms in total. The molecule has 0 saturated heterocycles. The maximum atomic E-state index is 3.47. The average molecular weight is 326 g/mol. The van der Waals surface area contributed by atoms with E-state index in [1.54, 1.807) is 0 Å². The van der Waals surface area contributed by atoms with Crippen molar-refractivity contribution in [2.75, 3.05) is 6.67 Å². The van der Waals surface area contributed by atoms with Crippen LogP contribution in [0.1, 0.15) is 23.6 Å². The Kier molecular flexibility index (Phi) is 4.02. The van der Waals surface area contributed by atoms with Crippen molar-refractivity contribution in [1.82, 2.24) is 10.2 Å². The van der Waals surface area contributed by atoms with E-state index in [9.17, 15) is 0 Å². The minimum atomic E-state index is -0.367. The van der Waals surface area contributed by atoms with Gasteiger partial charge in [0.25, 0.3) is 0 Å². The zero-order valence-corrected chi connectivity index (χ0v) is 14.4. The summed E-state index contributed by atoms with van der Waals surface area (Å²) in [6.07, 6.45) is 2.23. The fourth-order valence-corrected chi connectivity index (χ4v) is 3.79. The Morgan fingerprint density at radius 1 is 0.680 bits per heavy atom. The first-order chi connectivity index (χ1) is 12.3. The van der Waals surface area contributed by atoms with Crippen LogP contribution >= 0.6 is 0 Å². The average Bonchev–Trinajstić information content (AvgIpc) is 3.12. The van der Waals surface area contributed by atoms with Crippen molar-refractivity contribution in [2.24, 2.45) is 0 Å². The van der Waals surface area contributed by atoms with Crippen molar-refractivity contribution in [3.05, 3.63) is 120 Å². The molecule has 0 spiro atoms. The minimum absolute atomic E-state index is 0.367. The third-order valence-corrected chi connectivity index (χ3v) is 4.88. The first kappa shape index (κ1) is 15.5. The number of hydrogen-bond donors (Lipinski definition) is 1. The fourth-order valence-electron chi connectivity index (χ4n) is 3.79. The molecule has 0 unspecified atom stereocenters. The molecular formula is C23H22N2. The van der Waals surface area contributed by atoms with E-state index >= 15 is 0 Å². The van der Waals surface area contributed by atoms with E-state index < -0.39 is 0 Å². The van der Waals surface area contributed by atoms with Crippen molar-refractivity contribution in [2.45, 2.75) is 12.5 Å². The molecule has 0 fully saturated rings. The van der Waals surface area contributed by atoms with Gasteiger partial charge in [0.1, 0.15) is 5.54 Å². The quantitative estimate of drug-likeness (QED) is 0.699. The first-order valence-electron chi connectivity index (χ1n) is 8.67. The van der Waals surface area contributed by atoms with Crippen LogP contribution in [0.15, 0.2) is 103 Å². The van der Waals surface area contributed by atoms with Crippen molar-refractivity contribution >= 4 is 0 Å². The molecule has 1 aliphatic heterocycles. The summed E-state index contributed by atoms with van der Waals surface area (Å²) in [7, 11) is 0. The van der Waals surface area contributed by atoms with Gasteiger partial charge in [-0.25, -0.2) is 0 Å². The molecule has 4 rings (SSSR count). The van der Waals surface area contributed by atoms with Gasteiger partial charge in [0.2, 0.25) is 0 Å². The standard InChI is InChI=1S/C23H22N2/c1-19-17-25(18-24-19)23(20-11-5-2-6-12-20,21-13-7-3-8-14-21)22-15-9-4-10-16-22/h2-17,24H,18H2,1H3. The predicted octanol–water partition coefficient (Wildman–Crippen LogP) is 4.70. The van der Waals surface area contributed by atoms with Crippen LogP contribution in [-0.4, -0.2) is 11.6 Å². The molecule has 0 atom stereocenters. The second kappa shape index (κ2) is 6.48. The fraction of sp³-hybridized carbons (Fsp3) is 0.130. The van der Waals surface area contributed by atoms with Crippen LogP contribution in [0.2, 0.25) is 0 Å². The summed E-state index contributed by atoms with van der Waals surface area (Å²) in [5.74, 6) is 0. The molecule has 1 aliphatic rings. The number of nitrogens with one attached hydrogen (secondary N) is 1. The third-order valence-electron chi connectivity index (χ3n) is 4.88. The van der Waals surface area contributed by atoms with Gasteiger partial charge < -0.3 is 10.2 Å². The molecule has 0 bridgehead atoms. The minimum Gasteiger partial charge on any atom is -0.370 e. The van der Waals surface area contributed by atoms with Crippen LogP contribution < -0.4 is 5.32 Å². The Labute approximate surface area is 149 Å². The van der Waals surface area contributed by atoms with Crippen molar-refractivity contribution in [1.29, 1.82) is 0 Å². The molecule has 3 aromatic rings. The number of hydrogen-bond acceptors (Lipinski definition) is 2. The van der Waals surface area contributed by atoms with E-state index in [1.165, 1.54) is 22.4 Å². The molecule has 0 aromatic heterocycles. The lowest BCUT2D eigenvalue weighted by Crippen LogP contribution is -2.45. The van der Waals surface area contributed by atoms with Crippen molar-refractivity contribution < 1.29 is 0 Å². The summed E-state index contributed by atoms with van der Waals surface area (Å²) >= 11 is 0. The smallest absolute Gasteiger partial charge is 0.117 e. The van der Waals surface area contributed by atoms with Gasteiger partial charge in [0.05, 0.1) is 6.67 Å². The summed E-state index contributed by atoms with van der Waals surface area (Å²) in [6, 6.07) is 32.3. The summed E-state index contributed by atoms with van der Waals surface area (Å²) < 4.78 is 0.